The maximum atomic E-state index is 13.4. The van der Waals surface area contributed by atoms with Gasteiger partial charge in [-0.05, 0) is 41.9 Å². The van der Waals surface area contributed by atoms with Crippen LogP contribution in [0.3, 0.4) is 0 Å². The number of nitrogens with one attached hydrogen (secondary N) is 1. The average Bonchev–Trinajstić information content (AvgIpc) is 2.48. The monoisotopic (exact) mass is 311 g/mol. The Labute approximate surface area is 127 Å². The molecule has 0 aliphatic carbocycles. The van der Waals surface area contributed by atoms with Crippen LogP contribution in [0.15, 0.2) is 36.4 Å². The van der Waals surface area contributed by atoms with Crippen molar-refractivity contribution in [2.24, 2.45) is 0 Å². The normalized spacial score (nSPS) is 12.2. The first-order chi connectivity index (χ1) is 10.1. The predicted molar refractivity (Wildman–Crippen MR) is 79.9 cm³/mol. The fourth-order valence-electron chi connectivity index (χ4n) is 2.19. The topological polar surface area (TPSA) is 21.3 Å². The van der Waals surface area contributed by atoms with Crippen molar-refractivity contribution in [3.8, 4) is 5.75 Å². The van der Waals surface area contributed by atoms with Crippen molar-refractivity contribution in [3.05, 3.63) is 64.2 Å². The van der Waals surface area contributed by atoms with Crippen LogP contribution in [0.4, 0.5) is 8.78 Å². The third kappa shape index (κ3) is 3.52. The Hall–Kier alpha value is -1.65. The summed E-state index contributed by atoms with van der Waals surface area (Å²) in [7, 11) is 1.54. The minimum atomic E-state index is -0.866. The molecule has 0 radical (unpaired) electrons. The molecule has 0 bridgehead atoms. The summed E-state index contributed by atoms with van der Waals surface area (Å²) in [5.74, 6) is -1.15. The fraction of sp³-hybridized carbons (Fsp3) is 0.250. The van der Waals surface area contributed by atoms with Gasteiger partial charge in [0.25, 0.3) is 0 Å². The van der Waals surface area contributed by atoms with Crippen molar-refractivity contribution in [2.75, 3.05) is 13.7 Å². The summed E-state index contributed by atoms with van der Waals surface area (Å²) in [6.45, 7) is 2.62. The lowest BCUT2D eigenvalue weighted by atomic mass is 9.98. The van der Waals surface area contributed by atoms with Crippen LogP contribution in [-0.2, 0) is 0 Å². The van der Waals surface area contributed by atoms with E-state index in [9.17, 15) is 8.78 Å². The summed E-state index contributed by atoms with van der Waals surface area (Å²) in [6, 6.07) is 8.97. The molecule has 21 heavy (non-hydrogen) atoms. The Kier molecular flexibility index (Phi) is 5.15. The van der Waals surface area contributed by atoms with Crippen molar-refractivity contribution in [1.82, 2.24) is 5.32 Å². The largest absolute Gasteiger partial charge is 0.495 e. The maximum Gasteiger partial charge on any atom is 0.159 e. The SMILES string of the molecule is CCNC(c1ccc(F)c(F)c1)c1ccc(OC)c(Cl)c1. The molecule has 5 heteroatoms. The Morgan fingerprint density at radius 2 is 1.76 bits per heavy atom. The molecule has 112 valence electrons. The van der Waals surface area contributed by atoms with E-state index >= 15 is 0 Å². The van der Waals surface area contributed by atoms with E-state index in [1.165, 1.54) is 13.2 Å². The molecular weight excluding hydrogens is 296 g/mol. The van der Waals surface area contributed by atoms with Crippen molar-refractivity contribution < 1.29 is 13.5 Å². The lowest BCUT2D eigenvalue weighted by molar-refractivity contribution is 0.414. The van der Waals surface area contributed by atoms with Crippen LogP contribution in [0.2, 0.25) is 5.02 Å². The zero-order valence-electron chi connectivity index (χ0n) is 11.8. The number of ether oxygens (including phenoxy) is 1. The molecule has 2 aromatic carbocycles. The Morgan fingerprint density at radius 1 is 1.10 bits per heavy atom. The molecule has 2 nitrogen and oxygen atoms in total. The van der Waals surface area contributed by atoms with Gasteiger partial charge in [0, 0.05) is 0 Å². The van der Waals surface area contributed by atoms with Gasteiger partial charge in [0.1, 0.15) is 5.75 Å². The molecule has 0 aliphatic rings. The number of benzene rings is 2. The van der Waals surface area contributed by atoms with Crippen molar-refractivity contribution in [3.63, 3.8) is 0 Å². The summed E-state index contributed by atoms with van der Waals surface area (Å²) < 4.78 is 31.6. The molecule has 0 fully saturated rings. The van der Waals surface area contributed by atoms with Crippen LogP contribution < -0.4 is 10.1 Å². The molecule has 1 N–H and O–H groups in total. The molecule has 0 amide bonds. The number of methoxy groups -OCH3 is 1. The third-order valence-electron chi connectivity index (χ3n) is 3.19. The summed E-state index contributed by atoms with van der Waals surface area (Å²) >= 11 is 6.13. The molecule has 0 saturated heterocycles. The number of hydrogen-bond acceptors (Lipinski definition) is 2. The van der Waals surface area contributed by atoms with E-state index in [0.717, 1.165) is 11.6 Å². The molecule has 1 atom stereocenters. The summed E-state index contributed by atoms with van der Waals surface area (Å²) in [4.78, 5) is 0. The minimum absolute atomic E-state index is 0.270. The van der Waals surface area contributed by atoms with Crippen LogP contribution in [0.1, 0.15) is 24.1 Å². The molecule has 0 heterocycles. The Bertz CT molecular complexity index is 634. The molecule has 1 unspecified atom stereocenters. The molecule has 2 aromatic rings. The number of rotatable bonds is 5. The van der Waals surface area contributed by atoms with Crippen LogP contribution in [0.5, 0.6) is 5.75 Å². The Balaban J connectivity index is 2.42. The lowest BCUT2D eigenvalue weighted by Crippen LogP contribution is -2.22. The fourth-order valence-corrected chi connectivity index (χ4v) is 2.45. The quantitative estimate of drug-likeness (QED) is 0.887. The van der Waals surface area contributed by atoms with Gasteiger partial charge in [-0.2, -0.15) is 0 Å². The summed E-state index contributed by atoms with van der Waals surface area (Å²) in [5.41, 5.74) is 1.49. The molecule has 0 aromatic heterocycles. The molecule has 0 spiro atoms. The smallest absolute Gasteiger partial charge is 0.159 e. The van der Waals surface area contributed by atoms with E-state index in [1.54, 1.807) is 18.2 Å². The lowest BCUT2D eigenvalue weighted by Gasteiger charge is -2.20. The Morgan fingerprint density at radius 3 is 2.33 bits per heavy atom. The molecular formula is C16H16ClF2NO. The van der Waals surface area contributed by atoms with E-state index in [2.05, 4.69) is 5.32 Å². The van der Waals surface area contributed by atoms with Crippen molar-refractivity contribution >= 4 is 11.6 Å². The first-order valence-electron chi connectivity index (χ1n) is 6.58. The first-order valence-corrected chi connectivity index (χ1v) is 6.96. The van der Waals surface area contributed by atoms with Crippen molar-refractivity contribution in [1.29, 1.82) is 0 Å². The average molecular weight is 312 g/mol. The van der Waals surface area contributed by atoms with Crippen LogP contribution in [0.25, 0.3) is 0 Å². The van der Waals surface area contributed by atoms with Crippen LogP contribution >= 0.6 is 11.6 Å². The van der Waals surface area contributed by atoms with Gasteiger partial charge >= 0.3 is 0 Å². The van der Waals surface area contributed by atoms with Gasteiger partial charge in [-0.3, -0.25) is 0 Å². The third-order valence-corrected chi connectivity index (χ3v) is 3.49. The highest BCUT2D eigenvalue weighted by atomic mass is 35.5. The van der Waals surface area contributed by atoms with Gasteiger partial charge < -0.3 is 10.1 Å². The van der Waals surface area contributed by atoms with E-state index in [1.807, 2.05) is 13.0 Å². The zero-order chi connectivity index (χ0) is 15.4. The number of hydrogen-bond donors (Lipinski definition) is 1. The minimum Gasteiger partial charge on any atom is -0.495 e. The molecule has 2 rings (SSSR count). The van der Waals surface area contributed by atoms with Gasteiger partial charge in [-0.15, -0.1) is 0 Å². The molecule has 0 aliphatic heterocycles. The van der Waals surface area contributed by atoms with Gasteiger partial charge in [0.2, 0.25) is 0 Å². The zero-order valence-corrected chi connectivity index (χ0v) is 12.5. The second-order valence-electron chi connectivity index (χ2n) is 4.56. The summed E-state index contributed by atoms with van der Waals surface area (Å²) in [6.07, 6.45) is 0. The van der Waals surface area contributed by atoms with E-state index < -0.39 is 11.6 Å². The highest BCUT2D eigenvalue weighted by Crippen LogP contribution is 2.30. The first kappa shape index (κ1) is 15.7. The van der Waals surface area contributed by atoms with Gasteiger partial charge in [0.15, 0.2) is 11.6 Å². The van der Waals surface area contributed by atoms with Gasteiger partial charge in [0.05, 0.1) is 18.2 Å². The van der Waals surface area contributed by atoms with Gasteiger partial charge in [-0.25, -0.2) is 8.78 Å². The van der Waals surface area contributed by atoms with E-state index in [4.69, 9.17) is 16.3 Å². The summed E-state index contributed by atoms with van der Waals surface area (Å²) in [5, 5.41) is 3.71. The van der Waals surface area contributed by atoms with Crippen LogP contribution in [0, 0.1) is 11.6 Å². The number of halogens is 3. The van der Waals surface area contributed by atoms with Gasteiger partial charge in [-0.1, -0.05) is 30.7 Å². The maximum absolute atomic E-state index is 13.4. The standard InChI is InChI=1S/C16H16ClF2NO/c1-3-20-16(11-4-6-13(18)14(19)9-11)10-5-7-15(21-2)12(17)8-10/h4-9,16,20H,3H2,1-2H3. The van der Waals surface area contributed by atoms with Crippen LogP contribution in [-0.4, -0.2) is 13.7 Å². The van der Waals surface area contributed by atoms with Crippen molar-refractivity contribution in [2.45, 2.75) is 13.0 Å². The van der Waals surface area contributed by atoms with E-state index in [-0.39, 0.29) is 6.04 Å². The second kappa shape index (κ2) is 6.87. The highest BCUT2D eigenvalue weighted by Gasteiger charge is 2.16. The second-order valence-corrected chi connectivity index (χ2v) is 4.97. The molecule has 0 saturated carbocycles. The van der Waals surface area contributed by atoms with E-state index in [0.29, 0.717) is 22.9 Å². The predicted octanol–water partition coefficient (Wildman–Crippen LogP) is 4.33. The highest BCUT2D eigenvalue weighted by molar-refractivity contribution is 6.32.